The van der Waals surface area contributed by atoms with Crippen LogP contribution in [0, 0.1) is 12.8 Å². The molecule has 1 amide bonds. The van der Waals surface area contributed by atoms with E-state index >= 15 is 0 Å². The average molecular weight is 540 g/mol. The first-order valence-electron chi connectivity index (χ1n) is 11.4. The highest BCUT2D eigenvalue weighted by Crippen LogP contribution is 2.25. The SMILES string of the molecule is CCNC(=NCc1oc2ccccc2c1C)NC1CCN(C(=O)C(CC)CC)CC1.I. The molecule has 1 aliphatic heterocycles. The molecule has 1 aliphatic rings. The molecule has 0 bridgehead atoms. The highest BCUT2D eigenvalue weighted by Gasteiger charge is 2.26. The topological polar surface area (TPSA) is 69.9 Å². The van der Waals surface area contributed by atoms with Gasteiger partial charge in [-0.1, -0.05) is 32.0 Å². The number of hydrogen-bond acceptors (Lipinski definition) is 3. The summed E-state index contributed by atoms with van der Waals surface area (Å²) in [6.45, 7) is 11.3. The van der Waals surface area contributed by atoms with Gasteiger partial charge in [0.25, 0.3) is 0 Å². The Bertz CT molecular complexity index is 868. The van der Waals surface area contributed by atoms with E-state index in [2.05, 4.69) is 44.4 Å². The number of benzene rings is 1. The monoisotopic (exact) mass is 540 g/mol. The van der Waals surface area contributed by atoms with Crippen LogP contribution in [0.25, 0.3) is 11.0 Å². The van der Waals surface area contributed by atoms with E-state index in [1.165, 1.54) is 0 Å². The van der Waals surface area contributed by atoms with Crippen LogP contribution in [0.15, 0.2) is 33.7 Å². The van der Waals surface area contributed by atoms with Gasteiger partial charge in [0.1, 0.15) is 17.9 Å². The van der Waals surface area contributed by atoms with Gasteiger partial charge in [0, 0.05) is 42.5 Å². The number of aliphatic imine (C=N–C) groups is 1. The lowest BCUT2D eigenvalue weighted by Gasteiger charge is -2.34. The predicted molar refractivity (Wildman–Crippen MR) is 138 cm³/mol. The molecule has 2 aromatic rings. The summed E-state index contributed by atoms with van der Waals surface area (Å²) < 4.78 is 5.99. The molecule has 0 unspecified atom stereocenters. The van der Waals surface area contributed by atoms with E-state index < -0.39 is 0 Å². The Labute approximate surface area is 203 Å². The largest absolute Gasteiger partial charge is 0.459 e. The number of carbonyl (C=O) groups excluding carboxylic acids is 1. The number of likely N-dealkylation sites (tertiary alicyclic amines) is 1. The number of para-hydroxylation sites is 1. The summed E-state index contributed by atoms with van der Waals surface area (Å²) in [4.78, 5) is 19.4. The van der Waals surface area contributed by atoms with Crippen LogP contribution in [0.1, 0.15) is 57.8 Å². The Morgan fingerprint density at radius 1 is 1.19 bits per heavy atom. The van der Waals surface area contributed by atoms with E-state index in [0.29, 0.717) is 18.5 Å². The molecule has 0 saturated carbocycles. The van der Waals surface area contributed by atoms with E-state index in [-0.39, 0.29) is 29.9 Å². The molecule has 6 nitrogen and oxygen atoms in total. The fourth-order valence-electron chi connectivity index (χ4n) is 4.18. The zero-order chi connectivity index (χ0) is 21.5. The number of rotatable bonds is 7. The van der Waals surface area contributed by atoms with Gasteiger partial charge in [-0.2, -0.15) is 0 Å². The molecule has 1 aromatic carbocycles. The second-order valence-corrected chi connectivity index (χ2v) is 8.10. The Hall–Kier alpha value is -1.77. The standard InChI is InChI=1S/C24H36N4O2.HI/c1-5-18(6-2)23(29)28-14-12-19(13-15-28)27-24(25-7-3)26-16-22-17(4)20-10-8-9-11-21(20)30-22;/h8-11,18-19H,5-7,12-16H2,1-4H3,(H2,25,26,27);1H. The van der Waals surface area contributed by atoms with Crippen molar-refractivity contribution in [3.63, 3.8) is 0 Å². The van der Waals surface area contributed by atoms with E-state index in [4.69, 9.17) is 9.41 Å². The van der Waals surface area contributed by atoms with Crippen LogP contribution < -0.4 is 10.6 Å². The minimum atomic E-state index is 0. The molecule has 3 rings (SSSR count). The number of carbonyl (C=O) groups is 1. The van der Waals surface area contributed by atoms with Gasteiger partial charge >= 0.3 is 0 Å². The number of fused-ring (bicyclic) bond motifs is 1. The van der Waals surface area contributed by atoms with Crippen LogP contribution in [0.2, 0.25) is 0 Å². The number of aryl methyl sites for hydroxylation is 1. The van der Waals surface area contributed by atoms with Crippen molar-refractivity contribution in [3.05, 3.63) is 35.6 Å². The van der Waals surface area contributed by atoms with Crippen LogP contribution >= 0.6 is 24.0 Å². The second kappa shape index (κ2) is 12.3. The molecule has 7 heteroatoms. The molecule has 0 atom stereocenters. The number of hydrogen-bond donors (Lipinski definition) is 2. The lowest BCUT2D eigenvalue weighted by Crippen LogP contribution is -2.50. The summed E-state index contributed by atoms with van der Waals surface area (Å²) in [6, 6.07) is 8.43. The van der Waals surface area contributed by atoms with Gasteiger partial charge in [0.15, 0.2) is 5.96 Å². The quantitative estimate of drug-likeness (QED) is 0.300. The Morgan fingerprint density at radius 3 is 2.48 bits per heavy atom. The van der Waals surface area contributed by atoms with Crippen molar-refractivity contribution in [3.8, 4) is 0 Å². The number of nitrogens with one attached hydrogen (secondary N) is 2. The first kappa shape index (κ1) is 25.5. The molecular weight excluding hydrogens is 503 g/mol. The zero-order valence-electron chi connectivity index (χ0n) is 19.2. The van der Waals surface area contributed by atoms with Crippen LogP contribution in [0.5, 0.6) is 0 Å². The third-order valence-electron chi connectivity index (χ3n) is 6.15. The second-order valence-electron chi connectivity index (χ2n) is 8.10. The van der Waals surface area contributed by atoms with Crippen molar-refractivity contribution in [2.24, 2.45) is 10.9 Å². The first-order chi connectivity index (χ1) is 14.6. The molecular formula is C24H37IN4O2. The maximum atomic E-state index is 12.6. The van der Waals surface area contributed by atoms with E-state index in [0.717, 1.165) is 73.6 Å². The molecule has 1 aromatic heterocycles. The number of halogens is 1. The predicted octanol–water partition coefficient (Wildman–Crippen LogP) is 4.84. The lowest BCUT2D eigenvalue weighted by atomic mass is 9.98. The highest BCUT2D eigenvalue weighted by atomic mass is 127. The van der Waals surface area contributed by atoms with Crippen LogP contribution in [0.4, 0.5) is 0 Å². The Kier molecular flexibility index (Phi) is 10.1. The molecule has 0 spiro atoms. The molecule has 31 heavy (non-hydrogen) atoms. The van der Waals surface area contributed by atoms with Gasteiger partial charge in [0.05, 0.1) is 0 Å². The van der Waals surface area contributed by atoms with Crippen LogP contribution in [-0.4, -0.2) is 42.4 Å². The molecule has 0 radical (unpaired) electrons. The number of amides is 1. The summed E-state index contributed by atoms with van der Waals surface area (Å²) in [5.41, 5.74) is 2.06. The fraction of sp³-hybridized carbons (Fsp3) is 0.583. The zero-order valence-corrected chi connectivity index (χ0v) is 21.6. The van der Waals surface area contributed by atoms with Crippen molar-refractivity contribution in [2.75, 3.05) is 19.6 Å². The minimum absolute atomic E-state index is 0. The van der Waals surface area contributed by atoms with Crippen molar-refractivity contribution < 1.29 is 9.21 Å². The van der Waals surface area contributed by atoms with Gasteiger partial charge in [-0.3, -0.25) is 4.79 Å². The maximum absolute atomic E-state index is 12.6. The van der Waals surface area contributed by atoms with Crippen LogP contribution in [-0.2, 0) is 11.3 Å². The summed E-state index contributed by atoms with van der Waals surface area (Å²) in [5.74, 6) is 2.20. The third kappa shape index (κ3) is 6.37. The number of furan rings is 1. The number of nitrogens with zero attached hydrogens (tertiary/aromatic N) is 2. The maximum Gasteiger partial charge on any atom is 0.225 e. The van der Waals surface area contributed by atoms with E-state index in [9.17, 15) is 4.79 Å². The van der Waals surface area contributed by atoms with Gasteiger partial charge in [-0.25, -0.2) is 4.99 Å². The molecule has 2 N–H and O–H groups in total. The van der Waals surface area contributed by atoms with Gasteiger partial charge in [0.2, 0.25) is 5.91 Å². The summed E-state index contributed by atoms with van der Waals surface area (Å²) in [5, 5.41) is 8.05. The minimum Gasteiger partial charge on any atom is -0.459 e. The molecule has 1 fully saturated rings. The van der Waals surface area contributed by atoms with E-state index in [1.54, 1.807) is 0 Å². The number of piperidine rings is 1. The molecule has 2 heterocycles. The molecule has 0 aliphatic carbocycles. The lowest BCUT2D eigenvalue weighted by molar-refractivity contribution is -0.136. The van der Waals surface area contributed by atoms with Crippen molar-refractivity contribution in [2.45, 2.75) is 66.0 Å². The average Bonchev–Trinajstić information content (AvgIpc) is 3.09. The highest BCUT2D eigenvalue weighted by molar-refractivity contribution is 14.0. The number of guanidine groups is 1. The third-order valence-corrected chi connectivity index (χ3v) is 6.15. The van der Waals surface area contributed by atoms with Crippen molar-refractivity contribution in [1.29, 1.82) is 0 Å². The molecule has 172 valence electrons. The van der Waals surface area contributed by atoms with Gasteiger partial charge in [-0.05, 0) is 45.6 Å². The normalized spacial score (nSPS) is 15.3. The summed E-state index contributed by atoms with van der Waals surface area (Å²) in [7, 11) is 0. The van der Waals surface area contributed by atoms with E-state index in [1.807, 2.05) is 23.1 Å². The van der Waals surface area contributed by atoms with Crippen molar-refractivity contribution in [1.82, 2.24) is 15.5 Å². The Morgan fingerprint density at radius 2 is 1.87 bits per heavy atom. The first-order valence-corrected chi connectivity index (χ1v) is 11.4. The van der Waals surface area contributed by atoms with Crippen molar-refractivity contribution >= 4 is 46.8 Å². The van der Waals surface area contributed by atoms with Crippen LogP contribution in [0.3, 0.4) is 0 Å². The van der Waals surface area contributed by atoms with Gasteiger partial charge in [-0.15, -0.1) is 24.0 Å². The molecule has 1 saturated heterocycles. The Balaban J connectivity index is 0.00000341. The smallest absolute Gasteiger partial charge is 0.225 e. The van der Waals surface area contributed by atoms with Gasteiger partial charge < -0.3 is 20.0 Å². The summed E-state index contributed by atoms with van der Waals surface area (Å²) >= 11 is 0. The summed E-state index contributed by atoms with van der Waals surface area (Å²) in [6.07, 6.45) is 3.73. The fourth-order valence-corrected chi connectivity index (χ4v) is 4.18.